The van der Waals surface area contributed by atoms with Crippen LogP contribution in [0, 0.1) is 5.92 Å². The number of rotatable bonds is 6. The van der Waals surface area contributed by atoms with E-state index in [-0.39, 0.29) is 12.0 Å². The number of hydrogen-bond donors (Lipinski definition) is 0. The molecule has 29 heavy (non-hydrogen) atoms. The first-order valence-electron chi connectivity index (χ1n) is 11.4. The SMILES string of the molecule is CC(C)=CC(=O)N(CC1CCN(C2Cc3ccccc3C2)CC1)C[C@H]1CCCO1. The molecule has 0 unspecified atom stereocenters. The number of amides is 1. The first-order valence-corrected chi connectivity index (χ1v) is 11.4. The molecule has 0 bridgehead atoms. The summed E-state index contributed by atoms with van der Waals surface area (Å²) < 4.78 is 5.82. The highest BCUT2D eigenvalue weighted by atomic mass is 16.5. The Labute approximate surface area is 175 Å². The van der Waals surface area contributed by atoms with Gasteiger partial charge in [0.05, 0.1) is 6.10 Å². The Morgan fingerprint density at radius 3 is 2.38 bits per heavy atom. The van der Waals surface area contributed by atoms with Gasteiger partial charge >= 0.3 is 0 Å². The average molecular weight is 397 g/mol. The predicted molar refractivity (Wildman–Crippen MR) is 117 cm³/mol. The van der Waals surface area contributed by atoms with Gasteiger partial charge in [-0.1, -0.05) is 29.8 Å². The molecule has 158 valence electrons. The number of ether oxygens (including phenoxy) is 1. The zero-order valence-electron chi connectivity index (χ0n) is 18.1. The van der Waals surface area contributed by atoms with Crippen molar-refractivity contribution in [1.29, 1.82) is 0 Å². The molecule has 2 saturated heterocycles. The van der Waals surface area contributed by atoms with E-state index in [2.05, 4.69) is 34.1 Å². The van der Waals surface area contributed by atoms with Crippen LogP contribution in [0.2, 0.25) is 0 Å². The molecule has 0 aromatic heterocycles. The number of likely N-dealkylation sites (tertiary alicyclic amines) is 1. The minimum absolute atomic E-state index is 0.161. The van der Waals surface area contributed by atoms with Crippen LogP contribution in [-0.4, -0.2) is 60.6 Å². The topological polar surface area (TPSA) is 32.8 Å². The summed E-state index contributed by atoms with van der Waals surface area (Å²) in [7, 11) is 0. The van der Waals surface area contributed by atoms with Gasteiger partial charge in [-0.15, -0.1) is 0 Å². The lowest BCUT2D eigenvalue weighted by Gasteiger charge is -2.38. The van der Waals surface area contributed by atoms with Gasteiger partial charge < -0.3 is 9.64 Å². The molecule has 1 aromatic rings. The Hall–Kier alpha value is -1.65. The summed E-state index contributed by atoms with van der Waals surface area (Å²) in [6.45, 7) is 8.79. The number of allylic oxidation sites excluding steroid dienone is 1. The molecule has 1 atom stereocenters. The summed E-state index contributed by atoms with van der Waals surface area (Å²) in [5, 5.41) is 0. The highest BCUT2D eigenvalue weighted by Crippen LogP contribution is 2.29. The molecule has 2 fully saturated rings. The Morgan fingerprint density at radius 2 is 1.79 bits per heavy atom. The summed E-state index contributed by atoms with van der Waals surface area (Å²) in [6, 6.07) is 9.59. The number of hydrogen-bond acceptors (Lipinski definition) is 3. The van der Waals surface area contributed by atoms with E-state index >= 15 is 0 Å². The van der Waals surface area contributed by atoms with Crippen LogP contribution in [0.4, 0.5) is 0 Å². The highest BCUT2D eigenvalue weighted by Gasteiger charge is 2.31. The fourth-order valence-electron chi connectivity index (χ4n) is 5.23. The van der Waals surface area contributed by atoms with Crippen LogP contribution in [0.5, 0.6) is 0 Å². The van der Waals surface area contributed by atoms with Gasteiger partial charge in [-0.2, -0.15) is 0 Å². The molecule has 1 aromatic carbocycles. The second-order valence-electron chi connectivity index (χ2n) is 9.41. The molecule has 1 amide bonds. The molecule has 0 saturated carbocycles. The van der Waals surface area contributed by atoms with Gasteiger partial charge in [0, 0.05) is 31.8 Å². The number of fused-ring (bicyclic) bond motifs is 1. The van der Waals surface area contributed by atoms with Crippen LogP contribution >= 0.6 is 0 Å². The molecule has 4 nitrogen and oxygen atoms in total. The Bertz CT molecular complexity index is 701. The summed E-state index contributed by atoms with van der Waals surface area (Å²) in [5.74, 6) is 0.764. The molecule has 0 radical (unpaired) electrons. The minimum Gasteiger partial charge on any atom is -0.376 e. The van der Waals surface area contributed by atoms with Crippen molar-refractivity contribution in [1.82, 2.24) is 9.80 Å². The van der Waals surface area contributed by atoms with Crippen LogP contribution in [0.25, 0.3) is 0 Å². The van der Waals surface area contributed by atoms with Gasteiger partial charge in [0.2, 0.25) is 5.91 Å². The van der Waals surface area contributed by atoms with Gasteiger partial charge in [0.15, 0.2) is 0 Å². The van der Waals surface area contributed by atoms with E-state index < -0.39 is 0 Å². The van der Waals surface area contributed by atoms with Crippen LogP contribution in [-0.2, 0) is 22.4 Å². The molecular weight excluding hydrogens is 360 g/mol. The third kappa shape index (κ3) is 5.29. The molecule has 3 aliphatic rings. The number of carbonyl (C=O) groups is 1. The van der Waals surface area contributed by atoms with Gasteiger partial charge in [-0.3, -0.25) is 9.69 Å². The van der Waals surface area contributed by atoms with Crippen LogP contribution in [0.1, 0.15) is 50.7 Å². The van der Waals surface area contributed by atoms with E-state index in [1.807, 2.05) is 13.8 Å². The maximum absolute atomic E-state index is 12.8. The Balaban J connectivity index is 1.30. The van der Waals surface area contributed by atoms with Gasteiger partial charge in [0.1, 0.15) is 0 Å². The molecule has 0 spiro atoms. The number of nitrogens with zero attached hydrogens (tertiary/aromatic N) is 2. The summed E-state index contributed by atoms with van der Waals surface area (Å²) in [4.78, 5) is 17.6. The van der Waals surface area contributed by atoms with Crippen LogP contribution in [0.3, 0.4) is 0 Å². The lowest BCUT2D eigenvalue weighted by atomic mass is 9.94. The fourth-order valence-corrected chi connectivity index (χ4v) is 5.23. The van der Waals surface area contributed by atoms with E-state index in [0.717, 1.165) is 51.2 Å². The van der Waals surface area contributed by atoms with E-state index in [9.17, 15) is 4.79 Å². The second-order valence-corrected chi connectivity index (χ2v) is 9.41. The predicted octanol–water partition coefficient (Wildman–Crippen LogP) is 3.84. The third-order valence-corrected chi connectivity index (χ3v) is 6.85. The molecule has 2 heterocycles. The maximum atomic E-state index is 12.8. The van der Waals surface area contributed by atoms with Crippen LogP contribution in [0.15, 0.2) is 35.9 Å². The highest BCUT2D eigenvalue weighted by molar-refractivity contribution is 5.88. The molecule has 4 heteroatoms. The number of benzene rings is 1. The monoisotopic (exact) mass is 396 g/mol. The van der Waals surface area contributed by atoms with E-state index in [1.165, 1.54) is 36.8 Å². The lowest BCUT2D eigenvalue weighted by molar-refractivity contribution is -0.128. The number of piperidine rings is 1. The summed E-state index contributed by atoms with van der Waals surface area (Å²) in [5.41, 5.74) is 4.15. The van der Waals surface area contributed by atoms with Crippen LogP contribution < -0.4 is 0 Å². The van der Waals surface area contributed by atoms with Crippen molar-refractivity contribution < 1.29 is 9.53 Å². The Kier molecular flexibility index (Phi) is 6.71. The van der Waals surface area contributed by atoms with Crippen molar-refractivity contribution in [2.75, 3.05) is 32.8 Å². The first kappa shape index (κ1) is 20.6. The number of carbonyl (C=O) groups excluding carboxylic acids is 1. The third-order valence-electron chi connectivity index (χ3n) is 6.85. The van der Waals surface area contributed by atoms with Gasteiger partial charge in [-0.05, 0) is 82.5 Å². The quantitative estimate of drug-likeness (QED) is 0.685. The van der Waals surface area contributed by atoms with Crippen molar-refractivity contribution in [3.63, 3.8) is 0 Å². The Morgan fingerprint density at radius 1 is 1.10 bits per heavy atom. The first-order chi connectivity index (χ1) is 14.1. The van der Waals surface area contributed by atoms with Crippen molar-refractivity contribution in [3.8, 4) is 0 Å². The second kappa shape index (κ2) is 9.44. The molecule has 0 N–H and O–H groups in total. The smallest absolute Gasteiger partial charge is 0.246 e. The standard InChI is InChI=1S/C25H36N2O2/c1-19(2)14-25(28)27(18-24-8-5-13-29-24)17-20-9-11-26(12-10-20)23-15-21-6-3-4-7-22(21)16-23/h3-4,6-7,14,20,23-24H,5,8-13,15-18H2,1-2H3/t24-/m1/s1. The fraction of sp³-hybridized carbons (Fsp3) is 0.640. The zero-order valence-corrected chi connectivity index (χ0v) is 18.1. The minimum atomic E-state index is 0.161. The molecule has 1 aliphatic carbocycles. The average Bonchev–Trinajstić information content (AvgIpc) is 3.37. The molecule has 2 aliphatic heterocycles. The molecule has 4 rings (SSSR count). The van der Waals surface area contributed by atoms with E-state index in [0.29, 0.717) is 12.0 Å². The normalized spacial score (nSPS) is 23.2. The van der Waals surface area contributed by atoms with Crippen molar-refractivity contribution in [2.45, 2.75) is 64.5 Å². The lowest BCUT2D eigenvalue weighted by Crippen LogP contribution is -2.46. The molecular formula is C25H36N2O2. The van der Waals surface area contributed by atoms with Crippen molar-refractivity contribution in [3.05, 3.63) is 47.0 Å². The largest absolute Gasteiger partial charge is 0.376 e. The summed E-state index contributed by atoms with van der Waals surface area (Å²) in [6.07, 6.45) is 9.00. The van der Waals surface area contributed by atoms with Crippen molar-refractivity contribution >= 4 is 5.91 Å². The summed E-state index contributed by atoms with van der Waals surface area (Å²) >= 11 is 0. The zero-order chi connectivity index (χ0) is 20.2. The van der Waals surface area contributed by atoms with Gasteiger partial charge in [-0.25, -0.2) is 0 Å². The van der Waals surface area contributed by atoms with E-state index in [4.69, 9.17) is 4.74 Å². The van der Waals surface area contributed by atoms with Crippen molar-refractivity contribution in [2.24, 2.45) is 5.92 Å². The van der Waals surface area contributed by atoms with Gasteiger partial charge in [0.25, 0.3) is 0 Å². The van der Waals surface area contributed by atoms with E-state index in [1.54, 1.807) is 6.08 Å². The maximum Gasteiger partial charge on any atom is 0.246 e.